The van der Waals surface area contributed by atoms with Crippen molar-refractivity contribution in [3.05, 3.63) is 34.1 Å². The van der Waals surface area contributed by atoms with Crippen LogP contribution in [0.25, 0.3) is 0 Å². The maximum Gasteiger partial charge on any atom is 0.304 e. The van der Waals surface area contributed by atoms with Crippen LogP contribution < -0.4 is 4.72 Å². The average Bonchev–Trinajstić information content (AvgIpc) is 2.99. The molecule has 8 heteroatoms. The zero-order valence-corrected chi connectivity index (χ0v) is 12.0. The van der Waals surface area contributed by atoms with Gasteiger partial charge in [0.15, 0.2) is 0 Å². The summed E-state index contributed by atoms with van der Waals surface area (Å²) in [6, 6.07) is 2.54. The van der Waals surface area contributed by atoms with Gasteiger partial charge in [0.25, 0.3) is 0 Å². The number of hydrogen-bond acceptors (Lipinski definition) is 4. The molecule has 0 amide bonds. The number of nitro benzene ring substituents is 1. The van der Waals surface area contributed by atoms with Crippen LogP contribution in [0.4, 0.5) is 10.1 Å². The fourth-order valence-electron chi connectivity index (χ4n) is 3.46. The Morgan fingerprint density at radius 3 is 2.57 bits per heavy atom. The first-order chi connectivity index (χ1) is 9.87. The van der Waals surface area contributed by atoms with E-state index in [-0.39, 0.29) is 10.9 Å². The molecule has 3 unspecified atom stereocenters. The number of fused-ring (bicyclic) bond motifs is 2. The number of halogens is 1. The monoisotopic (exact) mass is 314 g/mol. The lowest BCUT2D eigenvalue weighted by Crippen LogP contribution is -2.38. The Morgan fingerprint density at radius 2 is 2.05 bits per heavy atom. The van der Waals surface area contributed by atoms with Crippen LogP contribution in [0.15, 0.2) is 23.1 Å². The van der Waals surface area contributed by atoms with Crippen molar-refractivity contribution in [1.29, 1.82) is 0 Å². The molecule has 0 radical (unpaired) electrons. The maximum absolute atomic E-state index is 13.6. The molecule has 1 aromatic carbocycles. The number of sulfonamides is 1. The largest absolute Gasteiger partial charge is 0.304 e. The molecule has 1 N–H and O–H groups in total. The van der Waals surface area contributed by atoms with E-state index in [1.54, 1.807) is 0 Å². The first-order valence-electron chi connectivity index (χ1n) is 6.83. The van der Waals surface area contributed by atoms with Crippen molar-refractivity contribution in [2.75, 3.05) is 0 Å². The molecule has 2 aliphatic rings. The molecule has 2 aliphatic carbocycles. The fraction of sp³-hybridized carbons (Fsp3) is 0.538. The second-order valence-electron chi connectivity index (χ2n) is 5.77. The van der Waals surface area contributed by atoms with Crippen molar-refractivity contribution in [2.24, 2.45) is 11.8 Å². The van der Waals surface area contributed by atoms with Gasteiger partial charge >= 0.3 is 5.69 Å². The Kier molecular flexibility index (Phi) is 3.45. The van der Waals surface area contributed by atoms with E-state index in [1.807, 2.05) is 0 Å². The van der Waals surface area contributed by atoms with Crippen LogP contribution in [0.3, 0.4) is 0 Å². The fourth-order valence-corrected chi connectivity index (χ4v) is 4.79. The van der Waals surface area contributed by atoms with Crippen molar-refractivity contribution in [3.63, 3.8) is 0 Å². The Hall–Kier alpha value is -1.54. The quantitative estimate of drug-likeness (QED) is 0.681. The van der Waals surface area contributed by atoms with Gasteiger partial charge in [-0.2, -0.15) is 4.39 Å². The van der Waals surface area contributed by atoms with Crippen LogP contribution in [0.5, 0.6) is 0 Å². The molecule has 3 rings (SSSR count). The number of nitrogens with one attached hydrogen (secondary N) is 1. The SMILES string of the molecule is O=[N+]([O-])c1ccc(S(=O)(=O)NC2CC3CCC2C3)cc1F. The minimum Gasteiger partial charge on any atom is -0.258 e. The number of nitrogens with zero attached hydrogens (tertiary/aromatic N) is 1. The Bertz CT molecular complexity index is 691. The molecule has 3 atom stereocenters. The minimum atomic E-state index is -3.84. The molecule has 114 valence electrons. The van der Waals surface area contributed by atoms with Gasteiger partial charge in [0, 0.05) is 18.2 Å². The van der Waals surface area contributed by atoms with E-state index in [4.69, 9.17) is 0 Å². The predicted molar refractivity (Wildman–Crippen MR) is 72.6 cm³/mol. The summed E-state index contributed by atoms with van der Waals surface area (Å²) in [5.74, 6) is -0.209. The highest BCUT2D eigenvalue weighted by molar-refractivity contribution is 7.89. The van der Waals surface area contributed by atoms with Gasteiger partial charge in [0.2, 0.25) is 15.8 Å². The normalized spacial score (nSPS) is 28.0. The average molecular weight is 314 g/mol. The van der Waals surface area contributed by atoms with Crippen LogP contribution >= 0.6 is 0 Å². The molecule has 2 bridgehead atoms. The number of hydrogen-bond donors (Lipinski definition) is 1. The van der Waals surface area contributed by atoms with E-state index in [9.17, 15) is 22.9 Å². The van der Waals surface area contributed by atoms with Crippen LogP contribution in [-0.2, 0) is 10.0 Å². The predicted octanol–water partition coefficient (Wildman–Crippen LogP) is 2.20. The van der Waals surface area contributed by atoms with Crippen molar-refractivity contribution in [2.45, 2.75) is 36.6 Å². The lowest BCUT2D eigenvalue weighted by atomic mass is 9.96. The summed E-state index contributed by atoms with van der Waals surface area (Å²) in [5, 5.41) is 10.5. The molecule has 0 saturated heterocycles. The van der Waals surface area contributed by atoms with E-state index < -0.39 is 26.5 Å². The second-order valence-corrected chi connectivity index (χ2v) is 7.49. The summed E-state index contributed by atoms with van der Waals surface area (Å²) >= 11 is 0. The summed E-state index contributed by atoms with van der Waals surface area (Å²) in [6.07, 6.45) is 4.03. The smallest absolute Gasteiger partial charge is 0.258 e. The third kappa shape index (κ3) is 2.65. The highest BCUT2D eigenvalue weighted by Crippen LogP contribution is 2.44. The third-order valence-corrected chi connectivity index (χ3v) is 5.96. The molecule has 1 aromatic rings. The van der Waals surface area contributed by atoms with Crippen LogP contribution in [0, 0.1) is 27.8 Å². The molecule has 0 heterocycles. The van der Waals surface area contributed by atoms with E-state index in [2.05, 4.69) is 4.72 Å². The Morgan fingerprint density at radius 1 is 1.29 bits per heavy atom. The first kappa shape index (κ1) is 14.4. The molecule has 21 heavy (non-hydrogen) atoms. The topological polar surface area (TPSA) is 89.3 Å². The lowest BCUT2D eigenvalue weighted by Gasteiger charge is -2.22. The van der Waals surface area contributed by atoms with Gasteiger partial charge in [0.1, 0.15) is 0 Å². The number of benzene rings is 1. The molecular formula is C13H15FN2O4S. The first-order valence-corrected chi connectivity index (χ1v) is 8.31. The van der Waals surface area contributed by atoms with Gasteiger partial charge in [-0.25, -0.2) is 13.1 Å². The molecule has 6 nitrogen and oxygen atoms in total. The standard InChI is InChI=1S/C13H15FN2O4S/c14-11-7-10(3-4-13(11)16(17)18)21(19,20)15-12-6-8-1-2-9(12)5-8/h3-4,7-9,12,15H,1-2,5-6H2. The molecule has 0 aliphatic heterocycles. The van der Waals surface area contributed by atoms with Gasteiger partial charge in [-0.05, 0) is 37.2 Å². The molecule has 0 aromatic heterocycles. The summed E-state index contributed by atoms with van der Waals surface area (Å²) in [4.78, 5) is 9.40. The van der Waals surface area contributed by atoms with Crippen LogP contribution in [0.1, 0.15) is 25.7 Å². The van der Waals surface area contributed by atoms with E-state index in [1.165, 1.54) is 0 Å². The van der Waals surface area contributed by atoms with Crippen molar-refractivity contribution in [1.82, 2.24) is 4.72 Å². The van der Waals surface area contributed by atoms with Crippen molar-refractivity contribution < 1.29 is 17.7 Å². The van der Waals surface area contributed by atoms with E-state index in [0.717, 1.165) is 37.8 Å². The van der Waals surface area contributed by atoms with Gasteiger partial charge in [0.05, 0.1) is 9.82 Å². The van der Waals surface area contributed by atoms with Crippen LogP contribution in [0.2, 0.25) is 0 Å². The summed E-state index contributed by atoms with van der Waals surface area (Å²) in [5.41, 5.74) is -0.728. The summed E-state index contributed by atoms with van der Waals surface area (Å²) < 4.78 is 40.7. The molecule has 2 fully saturated rings. The van der Waals surface area contributed by atoms with Gasteiger partial charge in [-0.15, -0.1) is 0 Å². The number of rotatable bonds is 4. The maximum atomic E-state index is 13.6. The highest BCUT2D eigenvalue weighted by Gasteiger charge is 2.41. The van der Waals surface area contributed by atoms with Crippen LogP contribution in [-0.4, -0.2) is 19.4 Å². The van der Waals surface area contributed by atoms with Gasteiger partial charge in [-0.1, -0.05) is 6.42 Å². The zero-order chi connectivity index (χ0) is 15.2. The van der Waals surface area contributed by atoms with Gasteiger partial charge in [-0.3, -0.25) is 10.1 Å². The summed E-state index contributed by atoms with van der Waals surface area (Å²) in [6.45, 7) is 0. The lowest BCUT2D eigenvalue weighted by molar-refractivity contribution is -0.387. The zero-order valence-electron chi connectivity index (χ0n) is 11.2. The Labute approximate surface area is 121 Å². The van der Waals surface area contributed by atoms with Crippen molar-refractivity contribution >= 4 is 15.7 Å². The number of nitro groups is 1. The Balaban J connectivity index is 1.82. The third-order valence-electron chi connectivity index (χ3n) is 4.47. The summed E-state index contributed by atoms with van der Waals surface area (Å²) in [7, 11) is -3.84. The molecule has 2 saturated carbocycles. The minimum absolute atomic E-state index is 0.105. The highest BCUT2D eigenvalue weighted by atomic mass is 32.2. The molecule has 0 spiro atoms. The van der Waals surface area contributed by atoms with E-state index >= 15 is 0 Å². The van der Waals surface area contributed by atoms with Crippen molar-refractivity contribution in [3.8, 4) is 0 Å². The molecular weight excluding hydrogens is 299 g/mol. The second kappa shape index (κ2) is 5.03. The van der Waals surface area contributed by atoms with E-state index in [0.29, 0.717) is 17.9 Å². The van der Waals surface area contributed by atoms with Gasteiger partial charge < -0.3 is 0 Å².